The van der Waals surface area contributed by atoms with Crippen LogP contribution in [0.15, 0.2) is 29.3 Å². The Kier molecular flexibility index (Phi) is 4.13. The lowest BCUT2D eigenvalue weighted by Gasteiger charge is -2.31. The molecule has 0 bridgehead atoms. The number of piperidine rings is 1. The molecule has 2 aromatic rings. The number of aromatic amines is 1. The molecule has 2 N–H and O–H groups in total. The third kappa shape index (κ3) is 2.71. The quantitative estimate of drug-likeness (QED) is 0.845. The maximum atomic E-state index is 12.9. The monoisotopic (exact) mass is 350 g/mol. The first-order valence-electron chi connectivity index (χ1n) is 8.68. The van der Waals surface area contributed by atoms with Gasteiger partial charge in [0.2, 0.25) is 11.9 Å². The highest BCUT2D eigenvalue weighted by molar-refractivity contribution is 5.97. The number of pyridine rings is 1. The van der Waals surface area contributed by atoms with Crippen molar-refractivity contribution in [3.05, 3.63) is 46.0 Å². The molecule has 132 valence electrons. The number of nitrogens with zero attached hydrogens (tertiary/aromatic N) is 4. The maximum absolute atomic E-state index is 12.9. The van der Waals surface area contributed by atoms with Crippen molar-refractivity contribution in [3.8, 4) is 6.07 Å². The fourth-order valence-electron chi connectivity index (χ4n) is 3.69. The summed E-state index contributed by atoms with van der Waals surface area (Å²) in [7, 11) is 0. The molecule has 4 rings (SSSR count). The van der Waals surface area contributed by atoms with Crippen LogP contribution in [0.3, 0.4) is 0 Å². The topological polar surface area (TPSA) is 115 Å². The molecule has 0 radical (unpaired) electrons. The summed E-state index contributed by atoms with van der Waals surface area (Å²) >= 11 is 0. The van der Waals surface area contributed by atoms with Crippen LogP contribution in [-0.4, -0.2) is 33.9 Å². The summed E-state index contributed by atoms with van der Waals surface area (Å²) in [5.41, 5.74) is 0.696. The van der Waals surface area contributed by atoms with Gasteiger partial charge in [-0.25, -0.2) is 0 Å². The number of nitrogens with one attached hydrogen (secondary N) is 2. The van der Waals surface area contributed by atoms with Crippen molar-refractivity contribution >= 4 is 17.7 Å². The molecular weight excluding hydrogens is 332 g/mol. The lowest BCUT2D eigenvalue weighted by molar-refractivity contribution is -0.119. The van der Waals surface area contributed by atoms with Gasteiger partial charge in [-0.2, -0.15) is 10.2 Å². The van der Waals surface area contributed by atoms with Crippen LogP contribution in [0.25, 0.3) is 0 Å². The average Bonchev–Trinajstić information content (AvgIpc) is 2.68. The van der Waals surface area contributed by atoms with E-state index in [0.717, 1.165) is 32.4 Å². The molecule has 1 fully saturated rings. The molecule has 0 aliphatic carbocycles. The highest BCUT2D eigenvalue weighted by atomic mass is 16.2. The van der Waals surface area contributed by atoms with Gasteiger partial charge in [-0.05, 0) is 37.0 Å². The zero-order valence-electron chi connectivity index (χ0n) is 14.1. The van der Waals surface area contributed by atoms with Gasteiger partial charge in [0, 0.05) is 31.4 Å². The Morgan fingerprint density at radius 3 is 2.58 bits per heavy atom. The number of hydrogen-bond acceptors (Lipinski definition) is 6. The van der Waals surface area contributed by atoms with E-state index in [2.05, 4.69) is 20.3 Å². The molecule has 4 heterocycles. The molecule has 26 heavy (non-hydrogen) atoms. The van der Waals surface area contributed by atoms with Crippen LogP contribution in [0.4, 0.5) is 11.8 Å². The molecule has 1 saturated heterocycles. The predicted octanol–water partition coefficient (Wildman–Crippen LogP) is 1.38. The Morgan fingerprint density at radius 2 is 1.88 bits per heavy atom. The molecule has 0 aromatic carbocycles. The van der Waals surface area contributed by atoms with Gasteiger partial charge in [0.1, 0.15) is 11.7 Å². The minimum Gasteiger partial charge on any atom is -0.342 e. The van der Waals surface area contributed by atoms with Crippen LogP contribution in [0.1, 0.15) is 36.3 Å². The molecule has 0 unspecified atom stereocenters. The van der Waals surface area contributed by atoms with E-state index in [0.29, 0.717) is 17.1 Å². The molecule has 2 aliphatic rings. The zero-order valence-corrected chi connectivity index (χ0v) is 14.1. The first-order valence-corrected chi connectivity index (χ1v) is 8.68. The van der Waals surface area contributed by atoms with Crippen LogP contribution in [-0.2, 0) is 4.79 Å². The van der Waals surface area contributed by atoms with Gasteiger partial charge in [-0.3, -0.25) is 19.6 Å². The van der Waals surface area contributed by atoms with Crippen LogP contribution >= 0.6 is 0 Å². The second-order valence-electron chi connectivity index (χ2n) is 6.55. The number of carbonyl (C=O) groups is 1. The van der Waals surface area contributed by atoms with Crippen molar-refractivity contribution in [3.63, 3.8) is 0 Å². The summed E-state index contributed by atoms with van der Waals surface area (Å²) < 4.78 is 0. The van der Waals surface area contributed by atoms with Crippen molar-refractivity contribution in [1.29, 1.82) is 5.26 Å². The standard InChI is InChI=1S/C18H18N6O2/c19-10-12-13(11-4-6-20-7-5-11)14-15(21-16(12)25)22-18(23-17(14)26)24-8-2-1-3-9-24/h4-7,12-13H,1-3,8-9H2,(H2,21,22,23,25,26)/t12-,13+/m0/s1. The summed E-state index contributed by atoms with van der Waals surface area (Å²) in [6, 6.07) is 5.46. The molecule has 8 nitrogen and oxygen atoms in total. The van der Waals surface area contributed by atoms with E-state index in [1.165, 1.54) is 0 Å². The van der Waals surface area contributed by atoms with Gasteiger partial charge in [0.15, 0.2) is 0 Å². The van der Waals surface area contributed by atoms with Crippen LogP contribution in [0.5, 0.6) is 0 Å². The van der Waals surface area contributed by atoms with Crippen LogP contribution < -0.4 is 15.8 Å². The summed E-state index contributed by atoms with van der Waals surface area (Å²) in [5, 5.41) is 12.1. The van der Waals surface area contributed by atoms with E-state index in [1.807, 2.05) is 11.0 Å². The van der Waals surface area contributed by atoms with Crippen molar-refractivity contribution in [2.45, 2.75) is 25.2 Å². The Labute approximate surface area is 149 Å². The number of nitriles is 1. The minimum atomic E-state index is -0.992. The summed E-state index contributed by atoms with van der Waals surface area (Å²) in [4.78, 5) is 38.7. The third-order valence-electron chi connectivity index (χ3n) is 4.97. The summed E-state index contributed by atoms with van der Waals surface area (Å²) in [6.45, 7) is 1.65. The number of hydrogen-bond donors (Lipinski definition) is 2. The van der Waals surface area contributed by atoms with Crippen LogP contribution in [0.2, 0.25) is 0 Å². The van der Waals surface area contributed by atoms with Gasteiger partial charge in [-0.1, -0.05) is 0 Å². The number of fused-ring (bicyclic) bond motifs is 1. The number of aromatic nitrogens is 3. The van der Waals surface area contributed by atoms with Gasteiger partial charge < -0.3 is 10.2 Å². The highest BCUT2D eigenvalue weighted by Gasteiger charge is 2.40. The summed E-state index contributed by atoms with van der Waals surface area (Å²) in [6.07, 6.45) is 6.42. The zero-order chi connectivity index (χ0) is 18.1. The molecular formula is C18H18N6O2. The second kappa shape index (κ2) is 6.59. The van der Waals surface area contributed by atoms with E-state index < -0.39 is 17.7 Å². The lowest BCUT2D eigenvalue weighted by Crippen LogP contribution is -2.40. The van der Waals surface area contributed by atoms with Crippen molar-refractivity contribution < 1.29 is 4.79 Å². The molecule has 2 atom stereocenters. The second-order valence-corrected chi connectivity index (χ2v) is 6.55. The fraction of sp³-hybridized carbons (Fsp3) is 0.389. The third-order valence-corrected chi connectivity index (χ3v) is 4.97. The fourth-order valence-corrected chi connectivity index (χ4v) is 3.69. The van der Waals surface area contributed by atoms with E-state index in [9.17, 15) is 14.9 Å². The van der Waals surface area contributed by atoms with Crippen molar-refractivity contribution in [2.24, 2.45) is 5.92 Å². The SMILES string of the molecule is N#C[C@@H]1C(=O)Nc2nc(N3CCCCC3)[nH]c(=O)c2[C@@H]1c1ccncc1. The Hall–Kier alpha value is -3.21. The Balaban J connectivity index is 1.84. The first-order chi connectivity index (χ1) is 12.7. The van der Waals surface area contributed by atoms with Crippen LogP contribution in [0, 0.1) is 17.2 Å². The molecule has 8 heteroatoms. The number of anilines is 2. The normalized spacial score (nSPS) is 22.3. The van der Waals surface area contributed by atoms with E-state index in [1.54, 1.807) is 24.5 Å². The first kappa shape index (κ1) is 16.3. The number of carbonyl (C=O) groups excluding carboxylic acids is 1. The van der Waals surface area contributed by atoms with Gasteiger partial charge in [0.05, 0.1) is 11.6 Å². The largest absolute Gasteiger partial charge is 0.342 e. The predicted molar refractivity (Wildman–Crippen MR) is 94.7 cm³/mol. The highest BCUT2D eigenvalue weighted by Crippen LogP contribution is 2.37. The molecule has 2 aliphatic heterocycles. The Morgan fingerprint density at radius 1 is 1.15 bits per heavy atom. The van der Waals surface area contributed by atoms with E-state index in [4.69, 9.17) is 0 Å². The van der Waals surface area contributed by atoms with Gasteiger partial charge in [0.25, 0.3) is 5.56 Å². The number of H-pyrrole nitrogens is 1. The average molecular weight is 350 g/mol. The summed E-state index contributed by atoms with van der Waals surface area (Å²) in [5.74, 6) is -1.39. The smallest absolute Gasteiger partial charge is 0.258 e. The van der Waals surface area contributed by atoms with Crippen molar-refractivity contribution in [2.75, 3.05) is 23.3 Å². The molecule has 0 spiro atoms. The number of amides is 1. The van der Waals surface area contributed by atoms with Crippen molar-refractivity contribution in [1.82, 2.24) is 15.0 Å². The van der Waals surface area contributed by atoms with Gasteiger partial charge >= 0.3 is 0 Å². The molecule has 0 saturated carbocycles. The van der Waals surface area contributed by atoms with E-state index >= 15 is 0 Å². The minimum absolute atomic E-state index is 0.243. The number of rotatable bonds is 2. The van der Waals surface area contributed by atoms with E-state index in [-0.39, 0.29) is 11.4 Å². The molecule has 2 aromatic heterocycles. The molecule has 1 amide bonds. The lowest BCUT2D eigenvalue weighted by atomic mass is 9.79. The Bertz CT molecular complexity index is 927. The van der Waals surface area contributed by atoms with Gasteiger partial charge in [-0.15, -0.1) is 0 Å². The maximum Gasteiger partial charge on any atom is 0.258 e.